The maximum Gasteiger partial charge on any atom is 0.260 e. The fourth-order valence-corrected chi connectivity index (χ4v) is 4.54. The van der Waals surface area contributed by atoms with Crippen LogP contribution in [0.25, 0.3) is 22.5 Å². The second-order valence-corrected chi connectivity index (χ2v) is 8.88. The maximum absolute atomic E-state index is 12.7. The van der Waals surface area contributed by atoms with Crippen molar-refractivity contribution in [3.8, 4) is 22.8 Å². The highest BCUT2D eigenvalue weighted by Gasteiger charge is 2.31. The summed E-state index contributed by atoms with van der Waals surface area (Å²) in [6, 6.07) is 12.5. The smallest absolute Gasteiger partial charge is 0.260 e. The van der Waals surface area contributed by atoms with Crippen molar-refractivity contribution in [3.05, 3.63) is 58.8 Å². The van der Waals surface area contributed by atoms with Crippen LogP contribution in [0.4, 0.5) is 5.69 Å². The predicted molar refractivity (Wildman–Crippen MR) is 135 cm³/mol. The van der Waals surface area contributed by atoms with Crippen molar-refractivity contribution in [2.75, 3.05) is 51.9 Å². The third-order valence-corrected chi connectivity index (χ3v) is 6.49. The van der Waals surface area contributed by atoms with E-state index in [0.717, 1.165) is 50.6 Å². The van der Waals surface area contributed by atoms with Crippen LogP contribution >= 0.6 is 11.6 Å². The normalized spacial score (nSPS) is 17.0. The van der Waals surface area contributed by atoms with Gasteiger partial charge in [0.25, 0.3) is 11.8 Å². The molecule has 9 nitrogen and oxygen atoms in total. The molecule has 0 spiro atoms. The summed E-state index contributed by atoms with van der Waals surface area (Å²) in [6.07, 6.45) is 0.940. The molecule has 2 aromatic carbocycles. The summed E-state index contributed by atoms with van der Waals surface area (Å²) in [5, 5.41) is 17.7. The zero-order valence-electron chi connectivity index (χ0n) is 19.8. The van der Waals surface area contributed by atoms with Crippen LogP contribution < -0.4 is 14.8 Å². The van der Waals surface area contributed by atoms with Crippen LogP contribution in [-0.2, 0) is 9.53 Å². The number of carbonyl (C=O) groups is 1. The van der Waals surface area contributed by atoms with Crippen LogP contribution in [-0.4, -0.2) is 67.6 Å². The Labute approximate surface area is 213 Å². The van der Waals surface area contributed by atoms with Gasteiger partial charge in [0, 0.05) is 30.8 Å². The van der Waals surface area contributed by atoms with Gasteiger partial charge in [-0.25, -0.2) is 0 Å². The van der Waals surface area contributed by atoms with E-state index < -0.39 is 5.91 Å². The lowest BCUT2D eigenvalue weighted by Gasteiger charge is -2.26. The van der Waals surface area contributed by atoms with Crippen molar-refractivity contribution in [1.29, 1.82) is 0 Å². The van der Waals surface area contributed by atoms with Gasteiger partial charge in [-0.05, 0) is 41.4 Å². The van der Waals surface area contributed by atoms with E-state index in [-0.39, 0.29) is 23.0 Å². The number of hydrogen-bond acceptors (Lipinski definition) is 8. The number of carbonyl (C=O) groups excluding carboxylic acids is 1. The molecule has 0 aliphatic carbocycles. The minimum atomic E-state index is -0.466. The molecule has 5 rings (SSSR count). The molecule has 0 unspecified atom stereocenters. The Morgan fingerprint density at radius 1 is 1.17 bits per heavy atom. The Hall–Kier alpha value is -3.53. The largest absolute Gasteiger partial charge is 0.504 e. The van der Waals surface area contributed by atoms with Crippen molar-refractivity contribution in [2.45, 2.75) is 6.42 Å². The van der Waals surface area contributed by atoms with Gasteiger partial charge < -0.3 is 29.2 Å². The lowest BCUT2D eigenvalue weighted by molar-refractivity contribution is -0.110. The van der Waals surface area contributed by atoms with Gasteiger partial charge >= 0.3 is 0 Å². The SMILES string of the molecule is COc1cc(/C(O)=C2\C(=O)Nc3cc(Cl)c(-c4ccc(OCCCN5CCOCC5)cc4)cc32)on1. The van der Waals surface area contributed by atoms with Gasteiger partial charge in [-0.15, -0.1) is 0 Å². The summed E-state index contributed by atoms with van der Waals surface area (Å²) < 4.78 is 21.4. The second-order valence-electron chi connectivity index (χ2n) is 8.47. The number of amides is 1. The number of anilines is 1. The quantitative estimate of drug-likeness (QED) is 0.259. The first-order valence-corrected chi connectivity index (χ1v) is 12.0. The molecule has 1 amide bonds. The number of benzene rings is 2. The number of aliphatic hydroxyl groups excluding tert-OH is 1. The number of morpholine rings is 1. The number of ether oxygens (including phenoxy) is 3. The fraction of sp³-hybridized carbons (Fsp3) is 0.308. The number of aromatic nitrogens is 1. The molecule has 2 aliphatic rings. The van der Waals surface area contributed by atoms with Crippen molar-refractivity contribution in [2.24, 2.45) is 0 Å². The molecule has 1 saturated heterocycles. The Balaban J connectivity index is 1.32. The van der Waals surface area contributed by atoms with Crippen LogP contribution in [0.3, 0.4) is 0 Å². The topological polar surface area (TPSA) is 106 Å². The Morgan fingerprint density at radius 3 is 2.67 bits per heavy atom. The van der Waals surface area contributed by atoms with Crippen molar-refractivity contribution in [1.82, 2.24) is 10.1 Å². The summed E-state index contributed by atoms with van der Waals surface area (Å²) in [4.78, 5) is 15.0. The van der Waals surface area contributed by atoms with E-state index in [2.05, 4.69) is 15.4 Å². The number of fused-ring (bicyclic) bond motifs is 1. The number of rotatable bonds is 8. The standard InChI is InChI=1S/C26H26ClN3O6/c1-33-23-15-22(36-29-23)25(31)24-19-13-18(20(27)14-21(19)28-26(24)32)16-3-5-17(6-4-16)35-10-2-7-30-8-11-34-12-9-30/h3-6,13-15,31H,2,7-12H2,1H3,(H,28,32)/b25-24+. The van der Waals surface area contributed by atoms with E-state index in [4.69, 9.17) is 30.3 Å². The minimum absolute atomic E-state index is 0.0245. The number of nitrogens with zero attached hydrogens (tertiary/aromatic N) is 2. The van der Waals surface area contributed by atoms with Gasteiger partial charge in [-0.2, -0.15) is 0 Å². The molecule has 1 aromatic heterocycles. The zero-order chi connectivity index (χ0) is 25.1. The zero-order valence-corrected chi connectivity index (χ0v) is 20.5. The molecule has 188 valence electrons. The number of halogens is 1. The molecule has 0 atom stereocenters. The first kappa shape index (κ1) is 24.2. The molecular weight excluding hydrogens is 486 g/mol. The molecule has 3 heterocycles. The van der Waals surface area contributed by atoms with Gasteiger partial charge in [0.2, 0.25) is 5.76 Å². The third kappa shape index (κ3) is 5.04. The van der Waals surface area contributed by atoms with Crippen LogP contribution in [0.15, 0.2) is 47.0 Å². The average molecular weight is 512 g/mol. The summed E-state index contributed by atoms with van der Waals surface area (Å²) in [5.74, 6) is 0.183. The van der Waals surface area contributed by atoms with Crippen molar-refractivity contribution < 1.29 is 28.6 Å². The molecular formula is C26H26ClN3O6. The molecule has 0 bridgehead atoms. The molecule has 0 saturated carbocycles. The Morgan fingerprint density at radius 2 is 1.94 bits per heavy atom. The molecule has 0 radical (unpaired) electrons. The summed E-state index contributed by atoms with van der Waals surface area (Å²) in [7, 11) is 1.43. The highest BCUT2D eigenvalue weighted by atomic mass is 35.5. The van der Waals surface area contributed by atoms with E-state index >= 15 is 0 Å². The fourth-order valence-electron chi connectivity index (χ4n) is 4.27. The average Bonchev–Trinajstić information content (AvgIpc) is 3.50. The minimum Gasteiger partial charge on any atom is -0.504 e. The van der Waals surface area contributed by atoms with Crippen LogP contribution in [0.2, 0.25) is 5.02 Å². The molecule has 10 heteroatoms. The number of hydrogen-bond donors (Lipinski definition) is 2. The van der Waals surface area contributed by atoms with Crippen molar-refractivity contribution in [3.63, 3.8) is 0 Å². The monoisotopic (exact) mass is 511 g/mol. The van der Waals surface area contributed by atoms with E-state index in [9.17, 15) is 9.90 Å². The summed E-state index contributed by atoms with van der Waals surface area (Å²) >= 11 is 6.55. The summed E-state index contributed by atoms with van der Waals surface area (Å²) in [6.45, 7) is 5.15. The van der Waals surface area contributed by atoms with E-state index in [1.54, 1.807) is 12.1 Å². The third-order valence-electron chi connectivity index (χ3n) is 6.18. The number of methoxy groups -OCH3 is 1. The molecule has 36 heavy (non-hydrogen) atoms. The van der Waals surface area contributed by atoms with E-state index in [1.165, 1.54) is 13.2 Å². The predicted octanol–water partition coefficient (Wildman–Crippen LogP) is 4.48. The molecule has 1 fully saturated rings. The van der Waals surface area contributed by atoms with Crippen molar-refractivity contribution >= 4 is 34.5 Å². The lowest BCUT2D eigenvalue weighted by Crippen LogP contribution is -2.37. The highest BCUT2D eigenvalue weighted by molar-refractivity contribution is 6.38. The maximum atomic E-state index is 12.7. The van der Waals surface area contributed by atoms with Crippen LogP contribution in [0.1, 0.15) is 17.7 Å². The Kier molecular flexibility index (Phi) is 7.13. The van der Waals surface area contributed by atoms with Crippen LogP contribution in [0, 0.1) is 0 Å². The molecule has 2 aliphatic heterocycles. The first-order valence-electron chi connectivity index (χ1n) is 11.7. The first-order chi connectivity index (χ1) is 17.5. The van der Waals surface area contributed by atoms with Gasteiger partial charge in [-0.3, -0.25) is 9.69 Å². The molecule has 3 aromatic rings. The number of aliphatic hydroxyl groups is 1. The highest BCUT2D eigenvalue weighted by Crippen LogP contribution is 2.42. The van der Waals surface area contributed by atoms with Crippen LogP contribution in [0.5, 0.6) is 11.6 Å². The van der Waals surface area contributed by atoms with Gasteiger partial charge in [0.15, 0.2) is 5.76 Å². The number of nitrogens with one attached hydrogen (secondary N) is 1. The lowest BCUT2D eigenvalue weighted by atomic mass is 9.98. The second kappa shape index (κ2) is 10.6. The van der Waals surface area contributed by atoms with Gasteiger partial charge in [0.1, 0.15) is 5.75 Å². The Bertz CT molecular complexity index is 1280. The van der Waals surface area contributed by atoms with E-state index in [0.29, 0.717) is 28.4 Å². The molecule has 2 N–H and O–H groups in total. The van der Waals surface area contributed by atoms with E-state index in [1.807, 2.05) is 24.3 Å². The van der Waals surface area contributed by atoms with Gasteiger partial charge in [0.05, 0.1) is 49.3 Å². The summed E-state index contributed by atoms with van der Waals surface area (Å²) in [5.41, 5.74) is 2.65. The van der Waals surface area contributed by atoms with Gasteiger partial charge in [-0.1, -0.05) is 23.7 Å².